The minimum Gasteiger partial charge on any atom is -0.394 e. The number of hydrogen-bond donors (Lipinski definition) is 2. The zero-order valence-corrected chi connectivity index (χ0v) is 9.72. The van der Waals surface area contributed by atoms with Gasteiger partial charge in [0.2, 0.25) is 0 Å². The van der Waals surface area contributed by atoms with Gasteiger partial charge in [0, 0.05) is 25.0 Å². The summed E-state index contributed by atoms with van der Waals surface area (Å²) in [5, 5.41) is 11.9. The Morgan fingerprint density at radius 1 is 1.50 bits per heavy atom. The fraction of sp³-hybridized carbons (Fsp3) is 0.583. The Bertz CT molecular complexity index is 267. The molecule has 16 heavy (non-hydrogen) atoms. The lowest BCUT2D eigenvalue weighted by atomic mass is 10.1. The Balaban J connectivity index is 2.09. The van der Waals surface area contributed by atoms with Crippen LogP contribution in [0.25, 0.3) is 0 Å². The van der Waals surface area contributed by atoms with Gasteiger partial charge < -0.3 is 15.2 Å². The van der Waals surface area contributed by atoms with Gasteiger partial charge in [-0.1, -0.05) is 6.07 Å². The van der Waals surface area contributed by atoms with Gasteiger partial charge in [0.25, 0.3) is 0 Å². The van der Waals surface area contributed by atoms with Crippen LogP contribution >= 0.6 is 0 Å². The molecular weight excluding hydrogens is 204 g/mol. The van der Waals surface area contributed by atoms with E-state index >= 15 is 0 Å². The van der Waals surface area contributed by atoms with Gasteiger partial charge in [-0.3, -0.25) is 4.98 Å². The van der Waals surface area contributed by atoms with Crippen molar-refractivity contribution in [2.45, 2.75) is 19.4 Å². The van der Waals surface area contributed by atoms with E-state index in [1.54, 1.807) is 6.20 Å². The van der Waals surface area contributed by atoms with Gasteiger partial charge in [0.05, 0.1) is 13.2 Å². The van der Waals surface area contributed by atoms with E-state index in [0.717, 1.165) is 13.0 Å². The molecule has 0 aliphatic carbocycles. The lowest BCUT2D eigenvalue weighted by Crippen LogP contribution is -2.21. The van der Waals surface area contributed by atoms with Crippen LogP contribution in [0.3, 0.4) is 0 Å². The predicted octanol–water partition coefficient (Wildman–Crippen LogP) is 1.13. The van der Waals surface area contributed by atoms with Gasteiger partial charge in [-0.05, 0) is 31.5 Å². The van der Waals surface area contributed by atoms with Crippen molar-refractivity contribution in [3.63, 3.8) is 0 Å². The van der Waals surface area contributed by atoms with Crippen LogP contribution < -0.4 is 5.32 Å². The highest BCUT2D eigenvalue weighted by atomic mass is 16.5. The lowest BCUT2D eigenvalue weighted by molar-refractivity contribution is 0.0904. The minimum absolute atomic E-state index is 0.0967. The van der Waals surface area contributed by atoms with Crippen LogP contribution in [0.15, 0.2) is 24.5 Å². The third-order valence-electron chi connectivity index (χ3n) is 2.34. The molecule has 2 N–H and O–H groups in total. The van der Waals surface area contributed by atoms with Crippen LogP contribution in [0.5, 0.6) is 0 Å². The van der Waals surface area contributed by atoms with Crippen LogP contribution in [-0.2, 0) is 4.74 Å². The summed E-state index contributed by atoms with van der Waals surface area (Å²) in [6, 6.07) is 4.32. The van der Waals surface area contributed by atoms with Crippen molar-refractivity contribution in [1.29, 1.82) is 0 Å². The zero-order valence-electron chi connectivity index (χ0n) is 9.72. The van der Waals surface area contributed by atoms with E-state index in [4.69, 9.17) is 9.84 Å². The molecule has 0 aliphatic heterocycles. The van der Waals surface area contributed by atoms with Crippen molar-refractivity contribution in [3.8, 4) is 0 Å². The van der Waals surface area contributed by atoms with E-state index in [9.17, 15) is 0 Å². The largest absolute Gasteiger partial charge is 0.394 e. The summed E-state index contributed by atoms with van der Waals surface area (Å²) in [5.74, 6) is 0. The molecule has 0 aliphatic rings. The number of aliphatic hydroxyl groups is 1. The highest BCUT2D eigenvalue weighted by molar-refractivity contribution is 5.12. The minimum atomic E-state index is 0.0967. The fourth-order valence-electron chi connectivity index (χ4n) is 1.41. The molecule has 1 atom stereocenters. The van der Waals surface area contributed by atoms with E-state index in [2.05, 4.69) is 23.3 Å². The first-order valence-electron chi connectivity index (χ1n) is 5.66. The van der Waals surface area contributed by atoms with E-state index in [1.807, 2.05) is 12.3 Å². The Labute approximate surface area is 96.7 Å². The van der Waals surface area contributed by atoms with Gasteiger partial charge in [0.1, 0.15) is 0 Å². The van der Waals surface area contributed by atoms with Gasteiger partial charge in [-0.25, -0.2) is 0 Å². The fourth-order valence-corrected chi connectivity index (χ4v) is 1.41. The third kappa shape index (κ3) is 5.21. The number of hydrogen-bond acceptors (Lipinski definition) is 4. The molecule has 1 rings (SSSR count). The van der Waals surface area contributed by atoms with E-state index in [1.165, 1.54) is 5.56 Å². The normalized spacial score (nSPS) is 12.6. The van der Waals surface area contributed by atoms with Gasteiger partial charge >= 0.3 is 0 Å². The van der Waals surface area contributed by atoms with E-state index in [0.29, 0.717) is 19.3 Å². The molecule has 1 heterocycles. The number of ether oxygens (including phenoxy) is 1. The quantitative estimate of drug-likeness (QED) is 0.650. The first-order valence-corrected chi connectivity index (χ1v) is 5.66. The van der Waals surface area contributed by atoms with Crippen molar-refractivity contribution >= 4 is 0 Å². The maximum atomic E-state index is 8.51. The molecule has 1 unspecified atom stereocenters. The molecule has 0 spiro atoms. The second-order valence-corrected chi connectivity index (χ2v) is 3.65. The van der Waals surface area contributed by atoms with Crippen molar-refractivity contribution < 1.29 is 9.84 Å². The summed E-state index contributed by atoms with van der Waals surface area (Å²) in [6.45, 7) is 4.23. The average Bonchev–Trinajstić information content (AvgIpc) is 2.34. The SMILES string of the molecule is CC(NCCCOCCO)c1cccnc1. The first-order chi connectivity index (χ1) is 7.84. The zero-order chi connectivity index (χ0) is 11.6. The number of aromatic nitrogens is 1. The molecule has 90 valence electrons. The average molecular weight is 224 g/mol. The number of aliphatic hydroxyl groups excluding tert-OH is 1. The van der Waals surface area contributed by atoms with Crippen LogP contribution in [0, 0.1) is 0 Å². The van der Waals surface area contributed by atoms with Crippen LogP contribution in [0.2, 0.25) is 0 Å². The molecule has 0 aromatic carbocycles. The number of pyridine rings is 1. The van der Waals surface area contributed by atoms with Gasteiger partial charge in [0.15, 0.2) is 0 Å². The molecule has 4 heteroatoms. The molecule has 1 aromatic rings. The summed E-state index contributed by atoms with van der Waals surface area (Å²) in [7, 11) is 0. The maximum absolute atomic E-state index is 8.51. The summed E-state index contributed by atoms with van der Waals surface area (Å²) >= 11 is 0. The van der Waals surface area contributed by atoms with Crippen molar-refractivity contribution in [2.75, 3.05) is 26.4 Å². The molecule has 0 bridgehead atoms. The van der Waals surface area contributed by atoms with Crippen LogP contribution in [-0.4, -0.2) is 36.5 Å². The Hall–Kier alpha value is -0.970. The van der Waals surface area contributed by atoms with E-state index in [-0.39, 0.29) is 6.61 Å². The Kier molecular flexibility index (Phi) is 6.72. The first kappa shape index (κ1) is 13.1. The maximum Gasteiger partial charge on any atom is 0.0697 e. The molecule has 0 fully saturated rings. The molecule has 4 nitrogen and oxygen atoms in total. The highest BCUT2D eigenvalue weighted by Crippen LogP contribution is 2.09. The summed E-state index contributed by atoms with van der Waals surface area (Å²) in [4.78, 5) is 4.08. The molecule has 1 aromatic heterocycles. The standard InChI is InChI=1S/C12H20N2O2/c1-11(12-4-2-5-13-10-12)14-6-3-8-16-9-7-15/h2,4-5,10-11,14-15H,3,6-9H2,1H3. The Morgan fingerprint density at radius 3 is 3.06 bits per heavy atom. The van der Waals surface area contributed by atoms with Gasteiger partial charge in [-0.15, -0.1) is 0 Å². The lowest BCUT2D eigenvalue weighted by Gasteiger charge is -2.13. The number of nitrogens with one attached hydrogen (secondary N) is 1. The smallest absolute Gasteiger partial charge is 0.0697 e. The van der Waals surface area contributed by atoms with Crippen LogP contribution in [0.1, 0.15) is 24.9 Å². The highest BCUT2D eigenvalue weighted by Gasteiger charge is 2.02. The summed E-state index contributed by atoms with van der Waals surface area (Å²) < 4.78 is 5.17. The van der Waals surface area contributed by atoms with Crippen LogP contribution in [0.4, 0.5) is 0 Å². The van der Waals surface area contributed by atoms with Crippen molar-refractivity contribution in [3.05, 3.63) is 30.1 Å². The second kappa shape index (κ2) is 8.21. The number of nitrogens with zero attached hydrogens (tertiary/aromatic N) is 1. The molecule has 0 radical (unpaired) electrons. The van der Waals surface area contributed by atoms with E-state index < -0.39 is 0 Å². The monoisotopic (exact) mass is 224 g/mol. The molecular formula is C12H20N2O2. The summed E-state index contributed by atoms with van der Waals surface area (Å²) in [6.07, 6.45) is 4.60. The summed E-state index contributed by atoms with van der Waals surface area (Å²) in [5.41, 5.74) is 1.19. The topological polar surface area (TPSA) is 54.4 Å². The molecule has 0 saturated carbocycles. The predicted molar refractivity (Wildman–Crippen MR) is 63.2 cm³/mol. The second-order valence-electron chi connectivity index (χ2n) is 3.65. The Morgan fingerprint density at radius 2 is 2.38 bits per heavy atom. The number of rotatable bonds is 8. The van der Waals surface area contributed by atoms with Gasteiger partial charge in [-0.2, -0.15) is 0 Å². The van der Waals surface area contributed by atoms with Crippen molar-refractivity contribution in [1.82, 2.24) is 10.3 Å². The van der Waals surface area contributed by atoms with Crippen molar-refractivity contribution in [2.24, 2.45) is 0 Å². The molecule has 0 amide bonds. The molecule has 0 saturated heterocycles. The third-order valence-corrected chi connectivity index (χ3v) is 2.34.